The number of likely N-dealkylation sites (N-methyl/N-ethyl adjacent to an activating group) is 1. The van der Waals surface area contributed by atoms with Gasteiger partial charge in [0.15, 0.2) is 0 Å². The van der Waals surface area contributed by atoms with Gasteiger partial charge in [-0.25, -0.2) is 0 Å². The van der Waals surface area contributed by atoms with Gasteiger partial charge in [-0.15, -0.1) is 0 Å². The van der Waals surface area contributed by atoms with E-state index in [2.05, 4.69) is 0 Å². The van der Waals surface area contributed by atoms with Gasteiger partial charge in [-0.3, -0.25) is 0 Å². The molecule has 0 aliphatic rings. The molecule has 0 aliphatic heterocycles. The molecule has 0 bridgehead atoms. The zero-order valence-electron chi connectivity index (χ0n) is 12.3. The molecule has 7 heteroatoms. The van der Waals surface area contributed by atoms with Crippen LogP contribution in [0.5, 0.6) is 5.75 Å². The quantitative estimate of drug-likeness (QED) is 0.523. The number of ether oxygens (including phenoxy) is 1. The molecule has 1 aromatic rings. The molecule has 0 radical (unpaired) electrons. The first-order valence-electron chi connectivity index (χ1n) is 6.27. The number of hydrogen-bond donors (Lipinski definition) is 0. The second-order valence-electron chi connectivity index (χ2n) is 4.65. The maximum atomic E-state index is 12.3. The molecule has 120 valence electrons. The number of halogens is 2. The number of para-hydroxylation sites is 1. The summed E-state index contributed by atoms with van der Waals surface area (Å²) in [5, 5.41) is 1.16. The van der Waals surface area contributed by atoms with Crippen LogP contribution in [0.2, 0.25) is 0 Å². The van der Waals surface area contributed by atoms with Crippen molar-refractivity contribution in [1.82, 2.24) is 5.06 Å². The van der Waals surface area contributed by atoms with Crippen molar-refractivity contribution in [3.05, 3.63) is 29.8 Å². The Morgan fingerprint density at radius 2 is 1.95 bits per heavy atom. The van der Waals surface area contributed by atoms with Crippen LogP contribution in [0.1, 0.15) is 19.4 Å². The van der Waals surface area contributed by atoms with E-state index in [0.717, 1.165) is 10.6 Å². The minimum absolute atomic E-state index is 0.0106. The van der Waals surface area contributed by atoms with Gasteiger partial charge in [-0.05, 0) is 0 Å². The van der Waals surface area contributed by atoms with Gasteiger partial charge in [-0.2, -0.15) is 0 Å². The summed E-state index contributed by atoms with van der Waals surface area (Å²) in [7, 11) is 14.8. The fraction of sp³-hybridized carbons (Fsp3) is 0.429. The molecule has 1 atom stereocenters. The molecule has 0 N–H and O–H groups in total. The van der Waals surface area contributed by atoms with Crippen LogP contribution in [-0.4, -0.2) is 35.8 Å². The molecule has 21 heavy (non-hydrogen) atoms. The van der Waals surface area contributed by atoms with Crippen molar-refractivity contribution in [2.75, 3.05) is 14.2 Å². The number of carbonyl (C=O) groups is 1. The van der Waals surface area contributed by atoms with Gasteiger partial charge in [0.05, 0.1) is 0 Å². The average molecular weight is 421 g/mol. The van der Waals surface area contributed by atoms with Crippen molar-refractivity contribution in [2.24, 2.45) is 5.92 Å². The predicted molar refractivity (Wildman–Crippen MR) is 82.3 cm³/mol. The summed E-state index contributed by atoms with van der Waals surface area (Å²) in [6.07, 6.45) is -0.643. The molecule has 0 spiro atoms. The van der Waals surface area contributed by atoms with Crippen molar-refractivity contribution in [1.29, 1.82) is 0 Å². The van der Waals surface area contributed by atoms with Crippen molar-refractivity contribution in [3.63, 3.8) is 0 Å². The Morgan fingerprint density at radius 1 is 1.33 bits per heavy atom. The molecule has 0 heterocycles. The summed E-state index contributed by atoms with van der Waals surface area (Å²) >= 11 is -1.97. The topological polar surface area (TPSA) is 38.8 Å². The van der Waals surface area contributed by atoms with Crippen molar-refractivity contribution in [3.8, 4) is 5.75 Å². The molecule has 4 nitrogen and oxygen atoms in total. The Labute approximate surface area is 138 Å². The Morgan fingerprint density at radius 3 is 2.48 bits per heavy atom. The molecule has 0 saturated carbocycles. The van der Waals surface area contributed by atoms with E-state index in [1.807, 2.05) is 32.0 Å². The van der Waals surface area contributed by atoms with Gasteiger partial charge < -0.3 is 0 Å². The Bertz CT molecular complexity index is 519. The first kappa shape index (κ1) is 18.6. The van der Waals surface area contributed by atoms with Crippen LogP contribution in [0, 0.1) is 5.92 Å². The third-order valence-corrected chi connectivity index (χ3v) is 4.63. The number of carbonyl (C=O) groups excluding carboxylic acids is 1. The van der Waals surface area contributed by atoms with E-state index < -0.39 is 19.6 Å². The molecular formula is C14H19Cl2NO3Ru. The Balaban J connectivity index is 3.05. The summed E-state index contributed by atoms with van der Waals surface area (Å²) in [6, 6.07) is 7.38. The van der Waals surface area contributed by atoms with E-state index in [1.54, 1.807) is 17.7 Å². The van der Waals surface area contributed by atoms with Crippen molar-refractivity contribution < 1.29 is 27.9 Å². The fourth-order valence-corrected chi connectivity index (χ4v) is 3.44. The second-order valence-corrected chi connectivity index (χ2v) is 10.4. The fourth-order valence-electron chi connectivity index (χ4n) is 1.63. The minimum atomic E-state index is -1.97. The Hall–Kier alpha value is -0.477. The second kappa shape index (κ2) is 8.84. The van der Waals surface area contributed by atoms with Crippen LogP contribution in [0.3, 0.4) is 0 Å². The first-order valence-corrected chi connectivity index (χ1v) is 11.7. The van der Waals surface area contributed by atoms with Crippen LogP contribution in [-0.2, 0) is 23.2 Å². The van der Waals surface area contributed by atoms with Crippen LogP contribution in [0.15, 0.2) is 24.3 Å². The monoisotopic (exact) mass is 421 g/mol. The molecule has 1 rings (SSSR count). The maximum absolute atomic E-state index is 12.3. The standard InChI is InChI=1S/C14H19NO3.2ClH.Ru/c1-10(2)13(14(16)15(4)17-5)18-12-9-7-6-8-11(12)3;;;/h3,6-10,13H,1-2,4-5H3;2*1H;/q;;;+2/p-2. The van der Waals surface area contributed by atoms with E-state index in [-0.39, 0.29) is 11.8 Å². The molecule has 1 unspecified atom stereocenters. The molecule has 1 aromatic carbocycles. The van der Waals surface area contributed by atoms with Crippen LogP contribution >= 0.6 is 19.4 Å². The summed E-state index contributed by atoms with van der Waals surface area (Å²) < 4.78 is 7.69. The van der Waals surface area contributed by atoms with E-state index >= 15 is 0 Å². The van der Waals surface area contributed by atoms with Crippen LogP contribution in [0.25, 0.3) is 0 Å². The van der Waals surface area contributed by atoms with Gasteiger partial charge in [0.1, 0.15) is 0 Å². The third kappa shape index (κ3) is 5.67. The summed E-state index contributed by atoms with van der Waals surface area (Å²) in [5.41, 5.74) is 0.805. The number of rotatable bonds is 6. The molecule has 1 amide bonds. The molecule has 0 saturated heterocycles. The van der Waals surface area contributed by atoms with E-state index in [4.69, 9.17) is 29.0 Å². The summed E-state index contributed by atoms with van der Waals surface area (Å²) in [6.45, 7) is 3.83. The predicted octanol–water partition coefficient (Wildman–Crippen LogP) is 3.19. The van der Waals surface area contributed by atoms with Gasteiger partial charge in [0, 0.05) is 0 Å². The SMILES string of the molecule is CON(C)C(=O)C(Oc1ccccc1[CH]=[Ru]([Cl])[Cl])C(C)C. The zero-order valence-corrected chi connectivity index (χ0v) is 15.6. The van der Waals surface area contributed by atoms with Crippen molar-refractivity contribution >= 4 is 29.9 Å². The first-order chi connectivity index (χ1) is 9.86. The number of hydrogen-bond acceptors (Lipinski definition) is 3. The molecule has 0 aromatic heterocycles. The molecular weight excluding hydrogens is 402 g/mol. The number of nitrogens with zero attached hydrogens (tertiary/aromatic N) is 1. The van der Waals surface area contributed by atoms with Crippen LogP contribution < -0.4 is 4.74 Å². The van der Waals surface area contributed by atoms with Gasteiger partial charge in [0.25, 0.3) is 0 Å². The summed E-state index contributed by atoms with van der Waals surface area (Å²) in [5.74, 6) is 0.339. The average Bonchev–Trinajstić information content (AvgIpc) is 2.43. The van der Waals surface area contributed by atoms with E-state index in [1.165, 1.54) is 7.11 Å². The number of hydroxylamine groups is 2. The molecule has 0 aliphatic carbocycles. The van der Waals surface area contributed by atoms with Crippen molar-refractivity contribution in [2.45, 2.75) is 20.0 Å². The van der Waals surface area contributed by atoms with E-state index in [9.17, 15) is 4.79 Å². The Kier molecular flexibility index (Phi) is 7.82. The zero-order chi connectivity index (χ0) is 16.0. The number of amides is 1. The normalized spacial score (nSPS) is 12.8. The van der Waals surface area contributed by atoms with Crippen LogP contribution in [0.4, 0.5) is 0 Å². The van der Waals surface area contributed by atoms with Gasteiger partial charge >= 0.3 is 138 Å². The van der Waals surface area contributed by atoms with Gasteiger partial charge in [0.2, 0.25) is 0 Å². The number of benzene rings is 1. The summed E-state index contributed by atoms with van der Waals surface area (Å²) in [4.78, 5) is 17.2. The van der Waals surface area contributed by atoms with Gasteiger partial charge in [-0.1, -0.05) is 0 Å². The molecule has 0 fully saturated rings. The van der Waals surface area contributed by atoms with E-state index in [0.29, 0.717) is 5.75 Å². The third-order valence-electron chi connectivity index (χ3n) is 2.79.